The molecule has 2 bridgehead atoms. The number of benzene rings is 1. The number of hydrogen-bond donors (Lipinski definition) is 1. The van der Waals surface area contributed by atoms with Gasteiger partial charge in [-0.05, 0) is 30.5 Å². The molecule has 3 heterocycles. The maximum Gasteiger partial charge on any atom is 0.410 e. The molecule has 0 spiro atoms. The molecule has 6 heteroatoms. The first-order chi connectivity index (χ1) is 12.5. The van der Waals surface area contributed by atoms with Crippen molar-refractivity contribution in [3.63, 3.8) is 0 Å². The van der Waals surface area contributed by atoms with Gasteiger partial charge in [0.15, 0.2) is 0 Å². The van der Waals surface area contributed by atoms with Crippen LogP contribution < -0.4 is 0 Å². The number of aromatic nitrogens is 1. The van der Waals surface area contributed by atoms with Crippen molar-refractivity contribution in [1.82, 2.24) is 9.88 Å². The maximum atomic E-state index is 13.1. The molecule has 136 valence electrons. The fourth-order valence-corrected chi connectivity index (χ4v) is 4.18. The Kier molecular flexibility index (Phi) is 4.36. The van der Waals surface area contributed by atoms with E-state index in [2.05, 4.69) is 4.98 Å². The van der Waals surface area contributed by atoms with Crippen molar-refractivity contribution in [1.29, 1.82) is 0 Å². The summed E-state index contributed by atoms with van der Waals surface area (Å²) in [5.41, 5.74) is 0.278. The van der Waals surface area contributed by atoms with Crippen molar-refractivity contribution in [3.8, 4) is 0 Å². The summed E-state index contributed by atoms with van der Waals surface area (Å²) >= 11 is 0. The third-order valence-electron chi connectivity index (χ3n) is 5.39. The van der Waals surface area contributed by atoms with Crippen LogP contribution in [0.2, 0.25) is 0 Å². The van der Waals surface area contributed by atoms with E-state index in [1.54, 1.807) is 4.90 Å². The highest BCUT2D eigenvalue weighted by Gasteiger charge is 2.51. The van der Waals surface area contributed by atoms with Crippen LogP contribution in [0.3, 0.4) is 0 Å². The van der Waals surface area contributed by atoms with Gasteiger partial charge >= 0.3 is 6.09 Å². The Hall–Kier alpha value is -2.47. The third-order valence-corrected chi connectivity index (χ3v) is 5.39. The van der Waals surface area contributed by atoms with Crippen LogP contribution in [0.1, 0.15) is 36.9 Å². The lowest BCUT2D eigenvalue weighted by molar-refractivity contribution is -0.0564. The third kappa shape index (κ3) is 3.17. The Morgan fingerprint density at radius 3 is 2.50 bits per heavy atom. The average Bonchev–Trinajstić information content (AvgIpc) is 2.93. The van der Waals surface area contributed by atoms with Gasteiger partial charge in [-0.2, -0.15) is 0 Å². The summed E-state index contributed by atoms with van der Waals surface area (Å²) in [6, 6.07) is 12.2. The molecule has 2 aliphatic heterocycles. The summed E-state index contributed by atoms with van der Waals surface area (Å²) in [7, 11) is 0. The van der Waals surface area contributed by atoms with Gasteiger partial charge in [0.05, 0.1) is 11.9 Å². The number of pyridine rings is 1. The lowest BCUT2D eigenvalue weighted by Crippen LogP contribution is -2.52. The lowest BCUT2D eigenvalue weighted by atomic mass is 9.83. The predicted octanol–water partition coefficient (Wildman–Crippen LogP) is 3.37. The summed E-state index contributed by atoms with van der Waals surface area (Å²) in [4.78, 5) is 18.4. The van der Waals surface area contributed by atoms with Gasteiger partial charge in [-0.15, -0.1) is 0 Å². The number of piperidine rings is 1. The molecule has 5 nitrogen and oxygen atoms in total. The largest absolute Gasteiger partial charge is 0.445 e. The molecule has 0 saturated carbocycles. The minimum absolute atomic E-state index is 0.0890. The van der Waals surface area contributed by atoms with Crippen LogP contribution in [0.15, 0.2) is 48.7 Å². The highest BCUT2D eigenvalue weighted by atomic mass is 19.1. The van der Waals surface area contributed by atoms with Crippen LogP contribution in [-0.4, -0.2) is 33.2 Å². The molecule has 1 aromatic heterocycles. The first kappa shape index (κ1) is 17.0. The summed E-state index contributed by atoms with van der Waals surface area (Å²) in [6.45, 7) is 0.236. The topological polar surface area (TPSA) is 62.7 Å². The van der Waals surface area contributed by atoms with E-state index in [0.29, 0.717) is 18.5 Å². The summed E-state index contributed by atoms with van der Waals surface area (Å²) in [6.07, 6.45) is 3.22. The van der Waals surface area contributed by atoms with Gasteiger partial charge in [-0.25, -0.2) is 9.18 Å². The first-order valence-corrected chi connectivity index (χ1v) is 8.89. The number of hydrogen-bond acceptors (Lipinski definition) is 4. The Balaban J connectivity index is 1.45. The second-order valence-corrected chi connectivity index (χ2v) is 7.13. The zero-order chi connectivity index (χ0) is 18.1. The molecule has 0 radical (unpaired) electrons. The standard InChI is InChI=1S/C20H21FN2O3/c21-15-6-9-18(22-12-15)20(25)10-16-7-8-17(11-20)23(16)19(24)26-13-14-4-2-1-3-5-14/h1-6,9,12,16-17,25H,7-8,10-11,13H2. The number of rotatable bonds is 3. The van der Waals surface area contributed by atoms with Gasteiger partial charge < -0.3 is 14.7 Å². The fourth-order valence-electron chi connectivity index (χ4n) is 4.18. The molecule has 2 aliphatic rings. The van der Waals surface area contributed by atoms with Crippen LogP contribution in [0, 0.1) is 5.82 Å². The molecule has 4 rings (SSSR count). The van der Waals surface area contributed by atoms with Gasteiger partial charge in [-0.3, -0.25) is 4.98 Å². The van der Waals surface area contributed by atoms with Crippen LogP contribution in [0.5, 0.6) is 0 Å². The van der Waals surface area contributed by atoms with Gasteiger partial charge in [0.1, 0.15) is 18.0 Å². The van der Waals surface area contributed by atoms with Crippen molar-refractivity contribution >= 4 is 6.09 Å². The lowest BCUT2D eigenvalue weighted by Gasteiger charge is -2.42. The molecule has 1 aromatic carbocycles. The smallest absolute Gasteiger partial charge is 0.410 e. The van der Waals surface area contributed by atoms with Crippen LogP contribution >= 0.6 is 0 Å². The number of halogens is 1. The van der Waals surface area contributed by atoms with Crippen LogP contribution in [-0.2, 0) is 16.9 Å². The number of carbonyl (C=O) groups excluding carboxylic acids is 1. The molecule has 2 fully saturated rings. The fraction of sp³-hybridized carbons (Fsp3) is 0.400. The van der Waals surface area contributed by atoms with Gasteiger partial charge in [0.2, 0.25) is 0 Å². The minimum Gasteiger partial charge on any atom is -0.445 e. The maximum absolute atomic E-state index is 13.1. The Bertz CT molecular complexity index is 767. The molecule has 2 aromatic rings. The van der Waals surface area contributed by atoms with Crippen molar-refractivity contribution in [2.45, 2.75) is 50.0 Å². The summed E-state index contributed by atoms with van der Waals surface area (Å²) < 4.78 is 18.6. The van der Waals surface area contributed by atoms with Crippen molar-refractivity contribution in [2.24, 2.45) is 0 Å². The number of fused-ring (bicyclic) bond motifs is 2. The molecule has 1 amide bonds. The molecule has 0 aliphatic carbocycles. The van der Waals surface area contributed by atoms with Crippen LogP contribution in [0.25, 0.3) is 0 Å². The monoisotopic (exact) mass is 356 g/mol. The van der Waals surface area contributed by atoms with E-state index < -0.39 is 11.4 Å². The molecule has 26 heavy (non-hydrogen) atoms. The Morgan fingerprint density at radius 2 is 1.88 bits per heavy atom. The normalized spacial score (nSPS) is 27.4. The van der Waals surface area contributed by atoms with E-state index in [1.165, 1.54) is 12.1 Å². The van der Waals surface area contributed by atoms with E-state index in [-0.39, 0.29) is 24.8 Å². The predicted molar refractivity (Wildman–Crippen MR) is 92.6 cm³/mol. The average molecular weight is 356 g/mol. The van der Waals surface area contributed by atoms with E-state index in [0.717, 1.165) is 24.6 Å². The van der Waals surface area contributed by atoms with Crippen molar-refractivity contribution in [2.75, 3.05) is 0 Å². The van der Waals surface area contributed by atoms with Gasteiger partial charge in [-0.1, -0.05) is 30.3 Å². The molecule has 2 atom stereocenters. The molecule has 1 N–H and O–H groups in total. The highest BCUT2D eigenvalue weighted by molar-refractivity contribution is 5.69. The number of aliphatic hydroxyl groups is 1. The minimum atomic E-state index is -1.13. The summed E-state index contributed by atoms with van der Waals surface area (Å²) in [5, 5.41) is 11.1. The second kappa shape index (κ2) is 6.68. The number of ether oxygens (including phenoxy) is 1. The van der Waals surface area contributed by atoms with Gasteiger partial charge in [0, 0.05) is 24.9 Å². The molecule has 2 unspecified atom stereocenters. The quantitative estimate of drug-likeness (QED) is 0.916. The molecular formula is C20H21FN2O3. The Morgan fingerprint density at radius 1 is 1.19 bits per heavy atom. The van der Waals surface area contributed by atoms with E-state index in [1.807, 2.05) is 30.3 Å². The highest BCUT2D eigenvalue weighted by Crippen LogP contribution is 2.45. The molecular weight excluding hydrogens is 335 g/mol. The SMILES string of the molecule is O=C(OCc1ccccc1)N1C2CCC1CC(O)(c1ccc(F)cn1)C2. The van der Waals surface area contributed by atoms with Crippen LogP contribution in [0.4, 0.5) is 9.18 Å². The zero-order valence-electron chi connectivity index (χ0n) is 14.3. The van der Waals surface area contributed by atoms with Crippen molar-refractivity contribution < 1.29 is 19.0 Å². The zero-order valence-corrected chi connectivity index (χ0v) is 14.3. The number of amides is 1. The van der Waals surface area contributed by atoms with E-state index in [4.69, 9.17) is 4.74 Å². The first-order valence-electron chi connectivity index (χ1n) is 8.89. The number of nitrogens with zero attached hydrogens (tertiary/aromatic N) is 2. The Labute approximate surface area is 151 Å². The summed E-state index contributed by atoms with van der Waals surface area (Å²) in [5.74, 6) is -0.428. The van der Waals surface area contributed by atoms with Crippen molar-refractivity contribution in [3.05, 3.63) is 65.7 Å². The number of carbonyl (C=O) groups is 1. The molecule has 2 saturated heterocycles. The second-order valence-electron chi connectivity index (χ2n) is 7.13. The van der Waals surface area contributed by atoms with E-state index in [9.17, 15) is 14.3 Å². The van der Waals surface area contributed by atoms with Gasteiger partial charge in [0.25, 0.3) is 0 Å². The van der Waals surface area contributed by atoms with E-state index >= 15 is 0 Å².